The molecule has 0 aromatic heterocycles. The molecule has 2 heterocycles. The van der Waals surface area contributed by atoms with E-state index in [-0.39, 0.29) is 29.8 Å². The van der Waals surface area contributed by atoms with Crippen molar-refractivity contribution in [3.05, 3.63) is 30.3 Å². The Balaban J connectivity index is 1.44. The minimum atomic E-state index is -0.597. The van der Waals surface area contributed by atoms with E-state index in [1.54, 1.807) is 11.8 Å². The number of aliphatic hydroxyl groups excluding tert-OH is 1. The van der Waals surface area contributed by atoms with Crippen molar-refractivity contribution in [2.45, 2.75) is 87.7 Å². The van der Waals surface area contributed by atoms with Gasteiger partial charge in [0, 0.05) is 35.3 Å². The molecule has 4 rings (SSSR count). The van der Waals surface area contributed by atoms with Gasteiger partial charge < -0.3 is 15.2 Å². The summed E-state index contributed by atoms with van der Waals surface area (Å²) >= 11 is 1.74. The Morgan fingerprint density at radius 2 is 1.94 bits per heavy atom. The highest BCUT2D eigenvalue weighted by atomic mass is 32.2. The quantitative estimate of drug-likeness (QED) is 0.423. The highest BCUT2D eigenvalue weighted by Gasteiger charge is 2.43. The van der Waals surface area contributed by atoms with Crippen LogP contribution in [0.4, 0.5) is 4.79 Å². The van der Waals surface area contributed by atoms with Crippen LogP contribution in [0.25, 0.3) is 0 Å². The number of fused-ring (bicyclic) bond motifs is 1. The Morgan fingerprint density at radius 1 is 1.22 bits per heavy atom. The van der Waals surface area contributed by atoms with Gasteiger partial charge in [0.15, 0.2) is 0 Å². The Morgan fingerprint density at radius 3 is 2.66 bits per heavy atom. The first-order valence-electron chi connectivity index (χ1n) is 12.1. The molecule has 1 amide bonds. The van der Waals surface area contributed by atoms with Gasteiger partial charge in [0.1, 0.15) is 12.3 Å². The van der Waals surface area contributed by atoms with Crippen molar-refractivity contribution in [1.82, 2.24) is 15.5 Å². The van der Waals surface area contributed by atoms with Crippen LogP contribution in [0.3, 0.4) is 0 Å². The molecule has 6 nitrogen and oxygen atoms in total. The molecule has 178 valence electrons. The molecule has 0 bridgehead atoms. The summed E-state index contributed by atoms with van der Waals surface area (Å²) in [6.07, 6.45) is 5.03. The molecule has 1 aromatic rings. The molecule has 3 fully saturated rings. The molecular weight excluding hydrogens is 422 g/mol. The first kappa shape index (κ1) is 23.9. The molecule has 0 spiro atoms. The molecule has 32 heavy (non-hydrogen) atoms. The number of hydrogen-bond acceptors (Lipinski definition) is 6. The highest BCUT2D eigenvalue weighted by molar-refractivity contribution is 7.99. The molecule has 3 N–H and O–H groups in total. The molecule has 2 saturated heterocycles. The first-order chi connectivity index (χ1) is 15.3. The van der Waals surface area contributed by atoms with E-state index in [9.17, 15) is 9.90 Å². The lowest BCUT2D eigenvalue weighted by molar-refractivity contribution is -0.0598. The zero-order valence-electron chi connectivity index (χ0n) is 19.6. The Labute approximate surface area is 196 Å². The predicted molar refractivity (Wildman–Crippen MR) is 129 cm³/mol. The molecule has 7 heteroatoms. The predicted octanol–water partition coefficient (Wildman–Crippen LogP) is 3.84. The third kappa shape index (κ3) is 6.19. The number of carbonyl (C=O) groups is 1. The van der Waals surface area contributed by atoms with E-state index < -0.39 is 6.23 Å². The second-order valence-corrected chi connectivity index (χ2v) is 11.8. The molecule has 1 aliphatic carbocycles. The largest absolute Gasteiger partial charge is 0.443 e. The molecule has 6 atom stereocenters. The highest BCUT2D eigenvalue weighted by Crippen LogP contribution is 2.39. The third-order valence-electron chi connectivity index (χ3n) is 7.09. The Hall–Kier alpha value is -1.28. The average Bonchev–Trinajstić information content (AvgIpc) is 3.10. The van der Waals surface area contributed by atoms with E-state index in [1.165, 1.54) is 30.6 Å². The van der Waals surface area contributed by atoms with E-state index in [0.29, 0.717) is 18.4 Å². The van der Waals surface area contributed by atoms with E-state index >= 15 is 0 Å². The van der Waals surface area contributed by atoms with Gasteiger partial charge in [-0.05, 0) is 57.6 Å². The zero-order chi connectivity index (χ0) is 22.7. The average molecular weight is 462 g/mol. The number of ether oxygens (including phenoxy) is 1. The summed E-state index contributed by atoms with van der Waals surface area (Å²) in [6.45, 7) is 7.91. The smallest absolute Gasteiger partial charge is 0.407 e. The molecule has 1 saturated carbocycles. The normalized spacial score (nSPS) is 32.1. The number of likely N-dealkylation sites (tertiary alicyclic amines) is 1. The molecule has 0 unspecified atom stereocenters. The standard InChI is InChI=1S/C25H39N3O3S/c1-25(2,3)27-23(29)21-13-17-9-7-8-10-18(17)14-28(21)15-22-20(26-24(30)31-22)16-32-19-11-5-4-6-12-19/h4-6,11-12,17-18,20-23,27,29H,7-10,13-16H2,1-3H3,(H,26,30)/t17-,18+,20-,21-,22+,23+/m0/s1. The molecule has 0 radical (unpaired) electrons. The van der Waals surface area contributed by atoms with Gasteiger partial charge in [-0.1, -0.05) is 37.5 Å². The maximum Gasteiger partial charge on any atom is 0.407 e. The summed E-state index contributed by atoms with van der Waals surface area (Å²) in [5.41, 5.74) is -0.162. The zero-order valence-corrected chi connectivity index (χ0v) is 20.4. The third-order valence-corrected chi connectivity index (χ3v) is 8.22. The van der Waals surface area contributed by atoms with Gasteiger partial charge in [-0.2, -0.15) is 0 Å². The minimum Gasteiger partial charge on any atom is -0.443 e. The van der Waals surface area contributed by atoms with Crippen LogP contribution in [0, 0.1) is 11.8 Å². The number of benzene rings is 1. The summed E-state index contributed by atoms with van der Waals surface area (Å²) in [5.74, 6) is 2.15. The topological polar surface area (TPSA) is 73.8 Å². The van der Waals surface area contributed by atoms with Crippen LogP contribution in [0.1, 0.15) is 52.9 Å². The van der Waals surface area contributed by atoms with Crippen LogP contribution >= 0.6 is 11.8 Å². The number of rotatable bonds is 7. The van der Waals surface area contributed by atoms with Gasteiger partial charge in [0.05, 0.1) is 6.04 Å². The number of aliphatic hydroxyl groups is 1. The van der Waals surface area contributed by atoms with Crippen LogP contribution in [0.5, 0.6) is 0 Å². The Bertz CT molecular complexity index is 757. The van der Waals surface area contributed by atoms with Crippen molar-refractivity contribution in [3.8, 4) is 0 Å². The van der Waals surface area contributed by atoms with Gasteiger partial charge in [0.25, 0.3) is 0 Å². The second-order valence-electron chi connectivity index (χ2n) is 10.7. The van der Waals surface area contributed by atoms with Crippen molar-refractivity contribution >= 4 is 17.9 Å². The van der Waals surface area contributed by atoms with Crippen molar-refractivity contribution < 1.29 is 14.6 Å². The van der Waals surface area contributed by atoms with Crippen molar-refractivity contribution in [1.29, 1.82) is 0 Å². The fourth-order valence-corrected chi connectivity index (χ4v) is 6.57. The lowest BCUT2D eigenvalue weighted by atomic mass is 9.72. The molecule has 3 aliphatic rings. The van der Waals surface area contributed by atoms with Crippen LogP contribution < -0.4 is 10.6 Å². The number of carbonyl (C=O) groups excluding carboxylic acids is 1. The van der Waals surface area contributed by atoms with Gasteiger partial charge in [-0.3, -0.25) is 10.2 Å². The summed E-state index contributed by atoms with van der Waals surface area (Å²) < 4.78 is 5.72. The fourth-order valence-electron chi connectivity index (χ4n) is 5.55. The van der Waals surface area contributed by atoms with Crippen molar-refractivity contribution in [3.63, 3.8) is 0 Å². The van der Waals surface area contributed by atoms with E-state index in [2.05, 4.69) is 48.4 Å². The van der Waals surface area contributed by atoms with Crippen LogP contribution in [-0.4, -0.2) is 64.9 Å². The molecular formula is C25H39N3O3S. The van der Waals surface area contributed by atoms with E-state index in [1.807, 2.05) is 18.2 Å². The number of thioether (sulfide) groups is 1. The SMILES string of the molecule is CC(C)(C)N[C@H](O)[C@@H]1C[C@@H]2CCCC[C@@H]2CN1C[C@H]1OC(=O)N[C@H]1CSc1ccccc1. The number of nitrogens with zero attached hydrogens (tertiary/aromatic N) is 1. The summed E-state index contributed by atoms with van der Waals surface area (Å²) in [5, 5.41) is 17.5. The maximum absolute atomic E-state index is 12.1. The van der Waals surface area contributed by atoms with Crippen LogP contribution in [-0.2, 0) is 4.74 Å². The number of piperidine rings is 1. The Kier molecular flexibility index (Phi) is 7.70. The first-order valence-corrected chi connectivity index (χ1v) is 13.1. The van der Waals surface area contributed by atoms with Gasteiger partial charge in [-0.15, -0.1) is 11.8 Å². The van der Waals surface area contributed by atoms with Crippen LogP contribution in [0.15, 0.2) is 35.2 Å². The lowest BCUT2D eigenvalue weighted by Gasteiger charge is -2.49. The summed E-state index contributed by atoms with van der Waals surface area (Å²) in [7, 11) is 0. The molecule has 2 aliphatic heterocycles. The van der Waals surface area contributed by atoms with Gasteiger partial charge in [0.2, 0.25) is 0 Å². The van der Waals surface area contributed by atoms with E-state index in [4.69, 9.17) is 4.74 Å². The maximum atomic E-state index is 12.1. The molecule has 1 aromatic carbocycles. The number of nitrogens with one attached hydrogen (secondary N) is 2. The fraction of sp³-hybridized carbons (Fsp3) is 0.720. The number of cyclic esters (lactones) is 1. The lowest BCUT2D eigenvalue weighted by Crippen LogP contribution is -2.61. The van der Waals surface area contributed by atoms with Crippen molar-refractivity contribution in [2.75, 3.05) is 18.8 Å². The monoisotopic (exact) mass is 461 g/mol. The summed E-state index contributed by atoms with van der Waals surface area (Å²) in [4.78, 5) is 15.7. The minimum absolute atomic E-state index is 0.0369. The summed E-state index contributed by atoms with van der Waals surface area (Å²) in [6, 6.07) is 10.3. The van der Waals surface area contributed by atoms with Gasteiger partial charge >= 0.3 is 6.09 Å². The number of amides is 1. The van der Waals surface area contributed by atoms with Gasteiger partial charge in [-0.25, -0.2) is 4.79 Å². The van der Waals surface area contributed by atoms with Crippen LogP contribution in [0.2, 0.25) is 0 Å². The van der Waals surface area contributed by atoms with Crippen molar-refractivity contribution in [2.24, 2.45) is 11.8 Å². The number of alkyl carbamates (subject to hydrolysis) is 1. The number of hydrogen-bond donors (Lipinski definition) is 3. The van der Waals surface area contributed by atoms with E-state index in [0.717, 1.165) is 18.7 Å². The second kappa shape index (κ2) is 10.3.